The summed E-state index contributed by atoms with van der Waals surface area (Å²) in [5, 5.41) is 0. The minimum Gasteiger partial charge on any atom is -0.491 e. The Kier molecular flexibility index (Phi) is 10.1. The molecule has 0 saturated carbocycles. The molecule has 0 aliphatic carbocycles. The number of hydrogen-bond acceptors (Lipinski definition) is 7. The zero-order valence-corrected chi connectivity index (χ0v) is 23.5. The first-order chi connectivity index (χ1) is 19.7. The summed E-state index contributed by atoms with van der Waals surface area (Å²) in [6.07, 6.45) is 2.53. The summed E-state index contributed by atoms with van der Waals surface area (Å²) in [6.45, 7) is 8.78. The van der Waals surface area contributed by atoms with Crippen LogP contribution < -0.4 is 4.74 Å². The van der Waals surface area contributed by atoms with Gasteiger partial charge >= 0.3 is 0 Å². The average molecular weight is 545 g/mol. The van der Waals surface area contributed by atoms with Crippen LogP contribution in [0.3, 0.4) is 0 Å². The van der Waals surface area contributed by atoms with Gasteiger partial charge in [-0.3, -0.25) is 19.6 Å². The number of amides is 1. The van der Waals surface area contributed by atoms with E-state index in [9.17, 15) is 4.79 Å². The maximum absolute atomic E-state index is 13.4. The van der Waals surface area contributed by atoms with Crippen LogP contribution in [0.1, 0.15) is 32.7 Å². The predicted octanol–water partition coefficient (Wildman–Crippen LogP) is 3.49. The third kappa shape index (κ3) is 7.88. The van der Waals surface area contributed by atoms with Gasteiger partial charge in [-0.2, -0.15) is 0 Å². The molecule has 3 heterocycles. The molecule has 1 fully saturated rings. The molecule has 0 atom stereocenters. The first kappa shape index (κ1) is 28.2. The zero-order chi connectivity index (χ0) is 27.6. The van der Waals surface area contributed by atoms with Crippen LogP contribution in [0.2, 0.25) is 0 Å². The number of carbonyl (C=O) groups is 1. The minimum absolute atomic E-state index is 0.0795. The number of fused-ring (bicyclic) bond motifs is 3. The van der Waals surface area contributed by atoms with E-state index in [4.69, 9.17) is 14.2 Å². The molecule has 2 aromatic carbocycles. The fourth-order valence-corrected chi connectivity index (χ4v) is 5.33. The van der Waals surface area contributed by atoms with E-state index in [2.05, 4.69) is 45.1 Å². The van der Waals surface area contributed by atoms with Crippen LogP contribution in [0.5, 0.6) is 5.75 Å². The van der Waals surface area contributed by atoms with Crippen molar-refractivity contribution in [1.29, 1.82) is 0 Å². The molecule has 2 aliphatic rings. The third-order valence-corrected chi connectivity index (χ3v) is 7.52. The second-order valence-corrected chi connectivity index (χ2v) is 10.4. The van der Waals surface area contributed by atoms with Gasteiger partial charge in [0.1, 0.15) is 12.4 Å². The number of benzene rings is 2. The molecular weight excluding hydrogens is 504 g/mol. The Morgan fingerprint density at radius 2 is 1.77 bits per heavy atom. The van der Waals surface area contributed by atoms with Crippen molar-refractivity contribution in [3.05, 3.63) is 94.8 Å². The molecule has 1 aromatic heterocycles. The number of methoxy groups -OCH3 is 1. The molecule has 0 spiro atoms. The van der Waals surface area contributed by atoms with Gasteiger partial charge < -0.3 is 19.1 Å². The summed E-state index contributed by atoms with van der Waals surface area (Å²) in [5.74, 6) is 0.889. The SMILES string of the molecule is COCCN1CCN(C(=O)c2ccc3c(c2)Cc2cccc(c2)CN(Cc2ccccn2)CCOCCO3)CC1. The normalized spacial score (nSPS) is 17.5. The first-order valence-electron chi connectivity index (χ1n) is 14.2. The van der Waals surface area contributed by atoms with Crippen molar-refractivity contribution < 1.29 is 19.0 Å². The Bertz CT molecular complexity index is 1230. The lowest BCUT2D eigenvalue weighted by Gasteiger charge is -2.34. The second-order valence-electron chi connectivity index (χ2n) is 10.4. The Hall–Kier alpha value is -3.30. The summed E-state index contributed by atoms with van der Waals surface area (Å²) < 4.78 is 17.3. The van der Waals surface area contributed by atoms with Gasteiger partial charge in [-0.05, 0) is 47.0 Å². The van der Waals surface area contributed by atoms with Gasteiger partial charge in [0.15, 0.2) is 0 Å². The van der Waals surface area contributed by atoms with Crippen molar-refractivity contribution in [1.82, 2.24) is 19.7 Å². The van der Waals surface area contributed by atoms with E-state index in [1.54, 1.807) is 7.11 Å². The highest BCUT2D eigenvalue weighted by molar-refractivity contribution is 5.94. The number of piperazine rings is 1. The molecule has 0 radical (unpaired) electrons. The summed E-state index contributed by atoms with van der Waals surface area (Å²) in [4.78, 5) is 24.6. The molecule has 5 rings (SSSR count). The van der Waals surface area contributed by atoms with E-state index in [-0.39, 0.29) is 5.91 Å². The Labute approximate surface area is 237 Å². The van der Waals surface area contributed by atoms with Crippen LogP contribution in [0.4, 0.5) is 0 Å². The minimum atomic E-state index is 0.0795. The van der Waals surface area contributed by atoms with Crippen molar-refractivity contribution in [3.63, 3.8) is 0 Å². The molecule has 1 saturated heterocycles. The number of nitrogens with zero attached hydrogens (tertiary/aromatic N) is 4. The van der Waals surface area contributed by atoms with E-state index in [1.807, 2.05) is 41.4 Å². The number of aromatic nitrogens is 1. The van der Waals surface area contributed by atoms with E-state index in [0.717, 1.165) is 69.4 Å². The monoisotopic (exact) mass is 544 g/mol. The Morgan fingerprint density at radius 3 is 2.60 bits per heavy atom. The molecule has 1 amide bonds. The third-order valence-electron chi connectivity index (χ3n) is 7.52. The van der Waals surface area contributed by atoms with Crippen molar-refractivity contribution in [2.75, 3.05) is 72.8 Å². The van der Waals surface area contributed by atoms with Gasteiger partial charge in [-0.1, -0.05) is 30.3 Å². The molecule has 8 nitrogen and oxygen atoms in total. The van der Waals surface area contributed by atoms with Crippen LogP contribution >= 0.6 is 0 Å². The quantitative estimate of drug-likeness (QED) is 0.471. The average Bonchev–Trinajstić information content (AvgIpc) is 2.98. The molecule has 3 aromatic rings. The molecule has 2 bridgehead atoms. The maximum atomic E-state index is 13.4. The number of hydrogen-bond donors (Lipinski definition) is 0. The number of carbonyl (C=O) groups excluding carboxylic acids is 1. The van der Waals surface area contributed by atoms with Crippen LogP contribution in [0, 0.1) is 0 Å². The van der Waals surface area contributed by atoms with E-state index in [0.29, 0.717) is 38.4 Å². The van der Waals surface area contributed by atoms with Crippen LogP contribution in [0.25, 0.3) is 0 Å². The lowest BCUT2D eigenvalue weighted by Crippen LogP contribution is -2.49. The maximum Gasteiger partial charge on any atom is 0.253 e. The molecule has 40 heavy (non-hydrogen) atoms. The molecule has 0 N–H and O–H groups in total. The van der Waals surface area contributed by atoms with E-state index in [1.165, 1.54) is 11.1 Å². The van der Waals surface area contributed by atoms with Gasteiger partial charge in [-0.25, -0.2) is 0 Å². The van der Waals surface area contributed by atoms with Crippen molar-refractivity contribution in [3.8, 4) is 5.75 Å². The van der Waals surface area contributed by atoms with Crippen LogP contribution in [0.15, 0.2) is 66.9 Å². The molecule has 0 unspecified atom stereocenters. The first-order valence-corrected chi connectivity index (χ1v) is 14.2. The highest BCUT2D eigenvalue weighted by atomic mass is 16.5. The molecule has 212 valence electrons. The fourth-order valence-electron chi connectivity index (χ4n) is 5.33. The van der Waals surface area contributed by atoms with Gasteiger partial charge in [0.05, 0.1) is 25.5 Å². The second kappa shape index (κ2) is 14.4. The lowest BCUT2D eigenvalue weighted by molar-refractivity contribution is 0.0593. The summed E-state index contributed by atoms with van der Waals surface area (Å²) in [6, 6.07) is 20.6. The number of ether oxygens (including phenoxy) is 3. The standard InChI is InChI=1S/C32H40N4O4/c1-38-17-15-34-11-13-36(14-12-34)32(37)28-8-9-31-29(23-28)22-26-5-4-6-27(21-26)24-35(16-18-39-19-20-40-31)25-30-7-2-3-10-33-30/h2-10,21,23H,11-20,22,24-25H2,1H3. The number of rotatable bonds is 6. The van der Waals surface area contributed by atoms with E-state index >= 15 is 0 Å². The summed E-state index contributed by atoms with van der Waals surface area (Å²) in [5.41, 5.74) is 5.22. The predicted molar refractivity (Wildman–Crippen MR) is 155 cm³/mol. The smallest absolute Gasteiger partial charge is 0.253 e. The Morgan fingerprint density at radius 1 is 0.900 bits per heavy atom. The Balaban J connectivity index is 1.32. The van der Waals surface area contributed by atoms with E-state index < -0.39 is 0 Å². The highest BCUT2D eigenvalue weighted by Crippen LogP contribution is 2.25. The zero-order valence-electron chi connectivity index (χ0n) is 23.5. The van der Waals surface area contributed by atoms with Gasteiger partial charge in [0.2, 0.25) is 0 Å². The highest BCUT2D eigenvalue weighted by Gasteiger charge is 2.23. The topological polar surface area (TPSA) is 67.4 Å². The van der Waals surface area contributed by atoms with Crippen LogP contribution in [-0.4, -0.2) is 98.4 Å². The summed E-state index contributed by atoms with van der Waals surface area (Å²) >= 11 is 0. The van der Waals surface area contributed by atoms with Crippen molar-refractivity contribution >= 4 is 5.91 Å². The summed E-state index contributed by atoms with van der Waals surface area (Å²) in [7, 11) is 1.72. The van der Waals surface area contributed by atoms with Crippen LogP contribution in [-0.2, 0) is 29.0 Å². The van der Waals surface area contributed by atoms with Gasteiger partial charge in [0.25, 0.3) is 5.91 Å². The largest absolute Gasteiger partial charge is 0.491 e. The molecular formula is C32H40N4O4. The van der Waals surface area contributed by atoms with Gasteiger partial charge in [0, 0.05) is 77.6 Å². The fraction of sp³-hybridized carbons (Fsp3) is 0.438. The molecule has 8 heteroatoms. The number of pyridine rings is 1. The molecule has 2 aliphatic heterocycles. The lowest BCUT2D eigenvalue weighted by atomic mass is 9.99. The van der Waals surface area contributed by atoms with Gasteiger partial charge in [-0.15, -0.1) is 0 Å². The van der Waals surface area contributed by atoms with Crippen molar-refractivity contribution in [2.24, 2.45) is 0 Å². The van der Waals surface area contributed by atoms with Crippen molar-refractivity contribution in [2.45, 2.75) is 19.5 Å².